The molecule has 0 radical (unpaired) electrons. The van der Waals surface area contributed by atoms with Crippen LogP contribution < -0.4 is 16.0 Å². The van der Waals surface area contributed by atoms with Crippen LogP contribution in [0.5, 0.6) is 0 Å². The maximum absolute atomic E-state index is 12.0. The first-order chi connectivity index (χ1) is 12.1. The summed E-state index contributed by atoms with van der Waals surface area (Å²) in [6.07, 6.45) is 0. The third-order valence-electron chi connectivity index (χ3n) is 3.56. The molecule has 0 fully saturated rings. The normalized spacial score (nSPS) is 11.1. The van der Waals surface area contributed by atoms with Gasteiger partial charge in [0, 0.05) is 36.7 Å². The van der Waals surface area contributed by atoms with Gasteiger partial charge in [-0.05, 0) is 30.7 Å². The molecule has 0 bridgehead atoms. The summed E-state index contributed by atoms with van der Waals surface area (Å²) in [6.45, 7) is 3.88. The lowest BCUT2D eigenvalue weighted by Gasteiger charge is -2.13. The molecule has 0 saturated heterocycles. The number of carbonyl (C=O) groups excluding carboxylic acids is 1. The van der Waals surface area contributed by atoms with Crippen LogP contribution in [0.4, 0.5) is 0 Å². The number of aliphatic imine (C=N–C) groups is 1. The van der Waals surface area contributed by atoms with Crippen molar-refractivity contribution in [3.05, 3.63) is 69.7 Å². The standard InChI is InChI=1S/C19H23BrN4O/c1-14-5-3-6-15(11-14)13-24-19(21-2)23-10-9-22-18(25)16-7-4-8-17(20)12-16/h3-8,11-12H,9-10,13H2,1-2H3,(H,22,25)(H2,21,23,24). The minimum absolute atomic E-state index is 0.0918. The van der Waals surface area contributed by atoms with Crippen LogP contribution in [0.1, 0.15) is 21.5 Å². The number of carbonyl (C=O) groups is 1. The molecular formula is C19H23BrN4O. The zero-order chi connectivity index (χ0) is 18.1. The van der Waals surface area contributed by atoms with E-state index in [-0.39, 0.29) is 5.91 Å². The van der Waals surface area contributed by atoms with Crippen molar-refractivity contribution in [2.75, 3.05) is 20.1 Å². The van der Waals surface area contributed by atoms with Crippen molar-refractivity contribution in [3.63, 3.8) is 0 Å². The van der Waals surface area contributed by atoms with Gasteiger partial charge < -0.3 is 16.0 Å². The minimum atomic E-state index is -0.0918. The molecule has 6 heteroatoms. The highest BCUT2D eigenvalue weighted by Crippen LogP contribution is 2.11. The summed E-state index contributed by atoms with van der Waals surface area (Å²) >= 11 is 3.37. The van der Waals surface area contributed by atoms with Crippen LogP contribution in [0.15, 0.2) is 58.0 Å². The summed E-state index contributed by atoms with van der Waals surface area (Å²) in [4.78, 5) is 16.2. The monoisotopic (exact) mass is 402 g/mol. The van der Waals surface area contributed by atoms with Crippen LogP contribution >= 0.6 is 15.9 Å². The van der Waals surface area contributed by atoms with Gasteiger partial charge in [0.05, 0.1) is 0 Å². The van der Waals surface area contributed by atoms with E-state index in [9.17, 15) is 4.79 Å². The molecule has 2 aromatic carbocycles. The number of benzene rings is 2. The van der Waals surface area contributed by atoms with E-state index in [4.69, 9.17) is 0 Å². The molecule has 132 valence electrons. The second-order valence-electron chi connectivity index (χ2n) is 5.61. The second-order valence-corrected chi connectivity index (χ2v) is 6.52. The van der Waals surface area contributed by atoms with Crippen molar-refractivity contribution in [2.45, 2.75) is 13.5 Å². The molecule has 0 unspecified atom stereocenters. The van der Waals surface area contributed by atoms with Gasteiger partial charge in [-0.25, -0.2) is 0 Å². The Balaban J connectivity index is 1.71. The highest BCUT2D eigenvalue weighted by atomic mass is 79.9. The molecule has 0 aliphatic rings. The van der Waals surface area contributed by atoms with E-state index >= 15 is 0 Å². The summed E-state index contributed by atoms with van der Waals surface area (Å²) in [7, 11) is 1.73. The summed E-state index contributed by atoms with van der Waals surface area (Å²) in [5.41, 5.74) is 3.07. The molecular weight excluding hydrogens is 380 g/mol. The molecule has 25 heavy (non-hydrogen) atoms. The van der Waals surface area contributed by atoms with Crippen molar-refractivity contribution < 1.29 is 4.79 Å². The number of halogens is 1. The number of aryl methyl sites for hydroxylation is 1. The van der Waals surface area contributed by atoms with Gasteiger partial charge in [-0.2, -0.15) is 0 Å². The first-order valence-electron chi connectivity index (χ1n) is 8.12. The number of nitrogens with zero attached hydrogens (tertiary/aromatic N) is 1. The fourth-order valence-corrected chi connectivity index (χ4v) is 2.72. The van der Waals surface area contributed by atoms with E-state index in [0.717, 1.165) is 4.47 Å². The summed E-state index contributed by atoms with van der Waals surface area (Å²) in [5, 5.41) is 9.33. The molecule has 0 aromatic heterocycles. The number of guanidine groups is 1. The maximum atomic E-state index is 12.0. The molecule has 5 nitrogen and oxygen atoms in total. The Bertz CT molecular complexity index is 746. The molecule has 0 aliphatic heterocycles. The molecule has 0 spiro atoms. The SMILES string of the molecule is CN=C(NCCNC(=O)c1cccc(Br)c1)NCc1cccc(C)c1. The Labute approximate surface area is 157 Å². The molecule has 0 heterocycles. The smallest absolute Gasteiger partial charge is 0.251 e. The number of rotatable bonds is 6. The Kier molecular flexibility index (Phi) is 7.47. The van der Waals surface area contributed by atoms with E-state index in [1.54, 1.807) is 19.2 Å². The largest absolute Gasteiger partial charge is 0.355 e. The zero-order valence-electron chi connectivity index (χ0n) is 14.5. The van der Waals surface area contributed by atoms with Crippen LogP contribution in [0.3, 0.4) is 0 Å². The van der Waals surface area contributed by atoms with Crippen LogP contribution in [0, 0.1) is 6.92 Å². The van der Waals surface area contributed by atoms with Gasteiger partial charge in [0.2, 0.25) is 0 Å². The third kappa shape index (κ3) is 6.58. The second kappa shape index (κ2) is 9.84. The summed E-state index contributed by atoms with van der Waals surface area (Å²) in [5.74, 6) is 0.615. The van der Waals surface area contributed by atoms with Crippen LogP contribution in [0.25, 0.3) is 0 Å². The van der Waals surface area contributed by atoms with Gasteiger partial charge in [0.1, 0.15) is 0 Å². The van der Waals surface area contributed by atoms with Gasteiger partial charge >= 0.3 is 0 Å². The van der Waals surface area contributed by atoms with Crippen molar-refractivity contribution in [1.29, 1.82) is 0 Å². The first kappa shape index (κ1) is 19.0. The van der Waals surface area contributed by atoms with Gasteiger partial charge in [-0.1, -0.05) is 51.8 Å². The van der Waals surface area contributed by atoms with E-state index in [2.05, 4.69) is 62.0 Å². The summed E-state index contributed by atoms with van der Waals surface area (Å²) < 4.78 is 0.888. The number of amides is 1. The molecule has 0 aliphatic carbocycles. The number of hydrogen-bond acceptors (Lipinski definition) is 2. The average Bonchev–Trinajstić information content (AvgIpc) is 2.61. The fraction of sp³-hybridized carbons (Fsp3) is 0.263. The molecule has 3 N–H and O–H groups in total. The van der Waals surface area contributed by atoms with Crippen molar-refractivity contribution >= 4 is 27.8 Å². The lowest BCUT2D eigenvalue weighted by atomic mass is 10.1. The Morgan fingerprint density at radius 1 is 1.04 bits per heavy atom. The van der Waals surface area contributed by atoms with E-state index in [0.29, 0.717) is 31.2 Å². The predicted octanol–water partition coefficient (Wildman–Crippen LogP) is 2.85. The molecule has 2 aromatic rings. The van der Waals surface area contributed by atoms with Gasteiger partial charge in [0.25, 0.3) is 5.91 Å². The fourth-order valence-electron chi connectivity index (χ4n) is 2.32. The van der Waals surface area contributed by atoms with Gasteiger partial charge in [-0.15, -0.1) is 0 Å². The molecule has 2 rings (SSSR count). The Morgan fingerprint density at radius 3 is 2.52 bits per heavy atom. The molecule has 0 atom stereocenters. The molecule has 1 amide bonds. The highest BCUT2D eigenvalue weighted by Gasteiger charge is 2.05. The van der Waals surface area contributed by atoms with Crippen LogP contribution in [-0.2, 0) is 6.54 Å². The predicted molar refractivity (Wildman–Crippen MR) is 106 cm³/mol. The van der Waals surface area contributed by atoms with E-state index < -0.39 is 0 Å². The quantitative estimate of drug-likeness (QED) is 0.395. The highest BCUT2D eigenvalue weighted by molar-refractivity contribution is 9.10. The lowest BCUT2D eigenvalue weighted by molar-refractivity contribution is 0.0954. The van der Waals surface area contributed by atoms with Crippen molar-refractivity contribution in [3.8, 4) is 0 Å². The minimum Gasteiger partial charge on any atom is -0.355 e. The van der Waals surface area contributed by atoms with Gasteiger partial charge in [-0.3, -0.25) is 9.79 Å². The number of hydrogen-bond donors (Lipinski definition) is 3. The maximum Gasteiger partial charge on any atom is 0.251 e. The topological polar surface area (TPSA) is 65.5 Å². The van der Waals surface area contributed by atoms with Crippen LogP contribution in [0.2, 0.25) is 0 Å². The summed E-state index contributed by atoms with van der Waals surface area (Å²) in [6, 6.07) is 15.6. The first-order valence-corrected chi connectivity index (χ1v) is 8.91. The van der Waals surface area contributed by atoms with Crippen LogP contribution in [-0.4, -0.2) is 32.0 Å². The zero-order valence-corrected chi connectivity index (χ0v) is 16.1. The third-order valence-corrected chi connectivity index (χ3v) is 4.05. The van der Waals surface area contributed by atoms with Crippen molar-refractivity contribution in [2.24, 2.45) is 4.99 Å². The lowest BCUT2D eigenvalue weighted by Crippen LogP contribution is -2.41. The number of nitrogens with one attached hydrogen (secondary N) is 3. The van der Waals surface area contributed by atoms with E-state index in [1.165, 1.54) is 11.1 Å². The Morgan fingerprint density at radius 2 is 1.80 bits per heavy atom. The van der Waals surface area contributed by atoms with Gasteiger partial charge in [0.15, 0.2) is 5.96 Å². The average molecular weight is 403 g/mol. The Hall–Kier alpha value is -2.34. The van der Waals surface area contributed by atoms with Crippen molar-refractivity contribution in [1.82, 2.24) is 16.0 Å². The van der Waals surface area contributed by atoms with E-state index in [1.807, 2.05) is 18.2 Å². The molecule has 0 saturated carbocycles.